The van der Waals surface area contributed by atoms with Crippen molar-refractivity contribution in [2.45, 2.75) is 53.0 Å². The Hall–Kier alpha value is -0.820. The van der Waals surface area contributed by atoms with Gasteiger partial charge in [0.1, 0.15) is 0 Å². The van der Waals surface area contributed by atoms with Gasteiger partial charge in [0.05, 0.1) is 0 Å². The summed E-state index contributed by atoms with van der Waals surface area (Å²) in [6, 6.07) is 7.36. The number of rotatable bonds is 6. The summed E-state index contributed by atoms with van der Waals surface area (Å²) in [4.78, 5) is 0. The van der Waals surface area contributed by atoms with E-state index in [4.69, 9.17) is 0 Å². The molecule has 0 aromatic heterocycles. The molecule has 1 N–H and O–H groups in total. The van der Waals surface area contributed by atoms with Gasteiger partial charge >= 0.3 is 0 Å². The maximum Gasteiger partial charge on any atom is 0.00103 e. The van der Waals surface area contributed by atoms with Crippen molar-refractivity contribution < 1.29 is 0 Å². The fourth-order valence-corrected chi connectivity index (χ4v) is 1.90. The van der Waals surface area contributed by atoms with Crippen LogP contribution in [0.25, 0.3) is 0 Å². The number of hydrogen-bond acceptors (Lipinski definition) is 1. The monoisotopic (exact) mass is 219 g/mol. The minimum Gasteiger partial charge on any atom is -0.315 e. The number of unbranched alkanes of at least 4 members (excludes halogenated alkanes) is 1. The van der Waals surface area contributed by atoms with Crippen molar-refractivity contribution in [2.75, 3.05) is 6.54 Å². The van der Waals surface area contributed by atoms with Crippen molar-refractivity contribution in [3.8, 4) is 0 Å². The molecule has 1 aromatic carbocycles. The normalized spacial score (nSPS) is 11.1. The first-order chi connectivity index (χ1) is 7.59. The lowest BCUT2D eigenvalue weighted by atomic mass is 10.0. The van der Waals surface area contributed by atoms with Gasteiger partial charge < -0.3 is 5.32 Å². The summed E-state index contributed by atoms with van der Waals surface area (Å²) in [6.07, 6.45) is 3.77. The summed E-state index contributed by atoms with van der Waals surface area (Å²) in [6.45, 7) is 9.92. The van der Waals surface area contributed by atoms with Gasteiger partial charge in [0.25, 0.3) is 0 Å². The van der Waals surface area contributed by atoms with Crippen LogP contribution in [0, 0.1) is 13.8 Å². The minimum atomic E-state index is 0.612. The zero-order valence-electron chi connectivity index (χ0n) is 11.1. The third-order valence-corrected chi connectivity index (χ3v) is 2.93. The van der Waals surface area contributed by atoms with Crippen molar-refractivity contribution >= 4 is 0 Å². The van der Waals surface area contributed by atoms with Gasteiger partial charge in [-0.25, -0.2) is 0 Å². The first-order valence-corrected chi connectivity index (χ1v) is 6.39. The second-order valence-electron chi connectivity index (χ2n) is 5.00. The van der Waals surface area contributed by atoms with Crippen LogP contribution in [0.3, 0.4) is 0 Å². The SMILES string of the molecule is Cc1ccc(C)c(CCCCNC(C)C)c1. The van der Waals surface area contributed by atoms with Crippen LogP contribution in [-0.4, -0.2) is 12.6 Å². The first-order valence-electron chi connectivity index (χ1n) is 6.39. The number of aryl methyl sites for hydroxylation is 3. The Balaban J connectivity index is 2.29. The van der Waals surface area contributed by atoms with Crippen LogP contribution in [0.5, 0.6) is 0 Å². The summed E-state index contributed by atoms with van der Waals surface area (Å²) in [7, 11) is 0. The van der Waals surface area contributed by atoms with Crippen LogP contribution in [-0.2, 0) is 6.42 Å². The number of benzene rings is 1. The molecule has 0 spiro atoms. The van der Waals surface area contributed by atoms with Gasteiger partial charge in [0, 0.05) is 6.04 Å². The van der Waals surface area contributed by atoms with E-state index in [1.807, 2.05) is 0 Å². The second-order valence-corrected chi connectivity index (χ2v) is 5.00. The number of hydrogen-bond donors (Lipinski definition) is 1. The molecule has 0 unspecified atom stereocenters. The quantitative estimate of drug-likeness (QED) is 0.721. The Morgan fingerprint density at radius 3 is 2.56 bits per heavy atom. The van der Waals surface area contributed by atoms with Crippen LogP contribution >= 0.6 is 0 Å². The molecule has 1 rings (SSSR count). The van der Waals surface area contributed by atoms with Crippen molar-refractivity contribution in [3.63, 3.8) is 0 Å². The average Bonchev–Trinajstić information content (AvgIpc) is 2.22. The molecule has 0 aliphatic heterocycles. The minimum absolute atomic E-state index is 0.612. The third kappa shape index (κ3) is 4.80. The molecule has 0 heterocycles. The van der Waals surface area contributed by atoms with E-state index in [1.54, 1.807) is 0 Å². The van der Waals surface area contributed by atoms with Crippen molar-refractivity contribution in [1.82, 2.24) is 5.32 Å². The summed E-state index contributed by atoms with van der Waals surface area (Å²) in [5.41, 5.74) is 4.33. The van der Waals surface area contributed by atoms with Crippen LogP contribution in [0.2, 0.25) is 0 Å². The molecule has 0 amide bonds. The molecule has 0 aliphatic rings. The van der Waals surface area contributed by atoms with E-state index in [1.165, 1.54) is 36.0 Å². The summed E-state index contributed by atoms with van der Waals surface area (Å²) in [5, 5.41) is 3.46. The fourth-order valence-electron chi connectivity index (χ4n) is 1.90. The Kier molecular flexibility index (Phi) is 5.54. The highest BCUT2D eigenvalue weighted by Gasteiger charge is 1.99. The molecule has 1 nitrogen and oxygen atoms in total. The molecule has 1 aromatic rings. The molecule has 0 saturated carbocycles. The maximum atomic E-state index is 3.46. The van der Waals surface area contributed by atoms with E-state index in [2.05, 4.69) is 51.2 Å². The molecular weight excluding hydrogens is 194 g/mol. The average molecular weight is 219 g/mol. The van der Waals surface area contributed by atoms with E-state index < -0.39 is 0 Å². The van der Waals surface area contributed by atoms with Gasteiger partial charge in [-0.1, -0.05) is 37.6 Å². The van der Waals surface area contributed by atoms with E-state index in [-0.39, 0.29) is 0 Å². The maximum absolute atomic E-state index is 3.46. The molecule has 1 heteroatoms. The molecule has 0 aliphatic carbocycles. The van der Waals surface area contributed by atoms with Crippen LogP contribution in [0.4, 0.5) is 0 Å². The first kappa shape index (κ1) is 13.2. The van der Waals surface area contributed by atoms with Gasteiger partial charge in [0.15, 0.2) is 0 Å². The second kappa shape index (κ2) is 6.70. The van der Waals surface area contributed by atoms with Gasteiger partial charge in [0.2, 0.25) is 0 Å². The lowest BCUT2D eigenvalue weighted by Gasteiger charge is -2.09. The van der Waals surface area contributed by atoms with Crippen molar-refractivity contribution in [1.29, 1.82) is 0 Å². The van der Waals surface area contributed by atoms with Gasteiger partial charge in [-0.05, 0) is 50.8 Å². The smallest absolute Gasteiger partial charge is 0.00103 e. The topological polar surface area (TPSA) is 12.0 Å². The lowest BCUT2D eigenvalue weighted by molar-refractivity contribution is 0.557. The van der Waals surface area contributed by atoms with Gasteiger partial charge in [-0.15, -0.1) is 0 Å². The molecular formula is C15H25N. The van der Waals surface area contributed by atoms with Crippen molar-refractivity contribution in [3.05, 3.63) is 34.9 Å². The lowest BCUT2D eigenvalue weighted by Crippen LogP contribution is -2.23. The molecule has 16 heavy (non-hydrogen) atoms. The number of nitrogens with one attached hydrogen (secondary N) is 1. The molecule has 0 saturated heterocycles. The zero-order chi connectivity index (χ0) is 12.0. The third-order valence-electron chi connectivity index (χ3n) is 2.93. The predicted octanol–water partition coefficient (Wildman–Crippen LogP) is 3.62. The highest BCUT2D eigenvalue weighted by atomic mass is 14.9. The highest BCUT2D eigenvalue weighted by Crippen LogP contribution is 2.13. The molecule has 0 atom stereocenters. The highest BCUT2D eigenvalue weighted by molar-refractivity contribution is 5.30. The Bertz CT molecular complexity index is 315. The zero-order valence-corrected chi connectivity index (χ0v) is 11.1. The molecule has 0 radical (unpaired) electrons. The van der Waals surface area contributed by atoms with Gasteiger partial charge in [-0.2, -0.15) is 0 Å². The molecule has 0 bridgehead atoms. The fraction of sp³-hybridized carbons (Fsp3) is 0.600. The van der Waals surface area contributed by atoms with Crippen molar-refractivity contribution in [2.24, 2.45) is 0 Å². The van der Waals surface area contributed by atoms with E-state index in [0.29, 0.717) is 6.04 Å². The standard InChI is InChI=1S/C15H25N/c1-12(2)16-10-6-5-7-15-11-13(3)8-9-14(15)4/h8-9,11-12,16H,5-7,10H2,1-4H3. The molecule has 0 fully saturated rings. The Morgan fingerprint density at radius 1 is 1.12 bits per heavy atom. The van der Waals surface area contributed by atoms with E-state index >= 15 is 0 Å². The predicted molar refractivity (Wildman–Crippen MR) is 72.0 cm³/mol. The van der Waals surface area contributed by atoms with E-state index in [9.17, 15) is 0 Å². The van der Waals surface area contributed by atoms with E-state index in [0.717, 1.165) is 6.54 Å². The Labute approximate surface area is 100 Å². The van der Waals surface area contributed by atoms with Crippen LogP contribution in [0.1, 0.15) is 43.4 Å². The summed E-state index contributed by atoms with van der Waals surface area (Å²) in [5.74, 6) is 0. The summed E-state index contributed by atoms with van der Waals surface area (Å²) >= 11 is 0. The van der Waals surface area contributed by atoms with Gasteiger partial charge in [-0.3, -0.25) is 0 Å². The van der Waals surface area contributed by atoms with Crippen LogP contribution in [0.15, 0.2) is 18.2 Å². The summed E-state index contributed by atoms with van der Waals surface area (Å²) < 4.78 is 0. The largest absolute Gasteiger partial charge is 0.315 e. The molecule has 90 valence electrons. The Morgan fingerprint density at radius 2 is 1.88 bits per heavy atom. The van der Waals surface area contributed by atoms with Crippen LogP contribution < -0.4 is 5.32 Å².